The lowest BCUT2D eigenvalue weighted by Crippen LogP contribution is -2.46. The lowest BCUT2D eigenvalue weighted by atomic mass is 10.0. The van der Waals surface area contributed by atoms with Crippen LogP contribution in [0.4, 0.5) is 0 Å². The van der Waals surface area contributed by atoms with E-state index in [1.54, 1.807) is 19.9 Å². The van der Waals surface area contributed by atoms with Crippen molar-refractivity contribution in [1.29, 1.82) is 0 Å². The third-order valence-corrected chi connectivity index (χ3v) is 11.6. The molecule has 9 heteroatoms. The topological polar surface area (TPSA) is 89.5 Å². The van der Waals surface area contributed by atoms with Gasteiger partial charge in [-0.15, -0.1) is 0 Å². The van der Waals surface area contributed by atoms with Crippen LogP contribution in [0.25, 0.3) is 0 Å². The molecular formula is C29H52O8Si. The second-order valence-corrected chi connectivity index (χ2v) is 18.8. The van der Waals surface area contributed by atoms with Gasteiger partial charge >= 0.3 is 5.97 Å². The largest absolute Gasteiger partial charge is 0.460 e. The maximum atomic E-state index is 12.9. The van der Waals surface area contributed by atoms with Crippen molar-refractivity contribution < 1.29 is 37.7 Å². The molecule has 2 rings (SSSR count). The Balaban J connectivity index is 1.94. The number of allylic oxidation sites excluding steroid dienone is 1. The average Bonchev–Trinajstić information content (AvgIpc) is 2.95. The molecule has 4 atom stereocenters. The van der Waals surface area contributed by atoms with Crippen LogP contribution in [-0.4, -0.2) is 68.3 Å². The SMILES string of the molecule is CC(C)(C)OC(=O)C[C@H]1OC(C)(C)O[C@@H]1/C=C/C(=O)C[C@@H]1C[C@H](CCO[Si](C)(C)C(C)(C)C)OC(C)(C)O1. The first-order chi connectivity index (χ1) is 17.1. The van der Waals surface area contributed by atoms with Crippen molar-refractivity contribution in [3.8, 4) is 0 Å². The molecule has 2 heterocycles. The first-order valence-corrected chi connectivity index (χ1v) is 16.8. The van der Waals surface area contributed by atoms with Crippen LogP contribution in [-0.2, 0) is 37.7 Å². The van der Waals surface area contributed by atoms with E-state index in [9.17, 15) is 9.59 Å². The highest BCUT2D eigenvalue weighted by atomic mass is 28.4. The van der Waals surface area contributed by atoms with Crippen molar-refractivity contribution >= 4 is 20.1 Å². The number of esters is 1. The Morgan fingerprint density at radius 1 is 0.895 bits per heavy atom. The third-order valence-electron chi connectivity index (χ3n) is 7.05. The molecule has 0 radical (unpaired) electrons. The molecular weight excluding hydrogens is 504 g/mol. The fourth-order valence-electron chi connectivity index (χ4n) is 4.41. The molecule has 0 spiro atoms. The van der Waals surface area contributed by atoms with Crippen LogP contribution < -0.4 is 0 Å². The molecule has 0 N–H and O–H groups in total. The zero-order valence-electron chi connectivity index (χ0n) is 25.8. The molecule has 0 saturated carbocycles. The minimum Gasteiger partial charge on any atom is -0.460 e. The zero-order valence-corrected chi connectivity index (χ0v) is 26.8. The van der Waals surface area contributed by atoms with Gasteiger partial charge < -0.3 is 28.1 Å². The van der Waals surface area contributed by atoms with Gasteiger partial charge in [0.1, 0.15) is 17.8 Å². The summed E-state index contributed by atoms with van der Waals surface area (Å²) < 4.78 is 35.9. The Labute approximate surface area is 231 Å². The van der Waals surface area contributed by atoms with Gasteiger partial charge in [0.2, 0.25) is 0 Å². The van der Waals surface area contributed by atoms with Crippen LogP contribution in [0.3, 0.4) is 0 Å². The average molecular weight is 557 g/mol. The first-order valence-electron chi connectivity index (χ1n) is 13.9. The number of carbonyl (C=O) groups excluding carboxylic acids is 2. The second-order valence-electron chi connectivity index (χ2n) is 14.0. The van der Waals surface area contributed by atoms with Gasteiger partial charge in [0.25, 0.3) is 0 Å². The van der Waals surface area contributed by atoms with E-state index >= 15 is 0 Å². The van der Waals surface area contributed by atoms with Gasteiger partial charge in [-0.1, -0.05) is 20.8 Å². The van der Waals surface area contributed by atoms with Crippen LogP contribution in [0.15, 0.2) is 12.2 Å². The monoisotopic (exact) mass is 556 g/mol. The molecule has 8 nitrogen and oxygen atoms in total. The van der Waals surface area contributed by atoms with Crippen LogP contribution >= 0.6 is 0 Å². The number of ketones is 1. The van der Waals surface area contributed by atoms with E-state index < -0.39 is 37.7 Å². The van der Waals surface area contributed by atoms with E-state index in [1.807, 2.05) is 34.6 Å². The molecule has 2 aliphatic heterocycles. The van der Waals surface area contributed by atoms with E-state index in [2.05, 4.69) is 33.9 Å². The number of carbonyl (C=O) groups is 2. The molecule has 2 aliphatic rings. The first kappa shape index (κ1) is 33.1. The highest BCUT2D eigenvalue weighted by molar-refractivity contribution is 6.74. The van der Waals surface area contributed by atoms with Crippen molar-refractivity contribution in [1.82, 2.24) is 0 Å². The summed E-state index contributed by atoms with van der Waals surface area (Å²) in [6.45, 7) is 24.6. The summed E-state index contributed by atoms with van der Waals surface area (Å²) in [6, 6.07) is 0. The quantitative estimate of drug-likeness (QED) is 0.182. The van der Waals surface area contributed by atoms with Gasteiger partial charge in [0.05, 0.1) is 18.6 Å². The lowest BCUT2D eigenvalue weighted by molar-refractivity contribution is -0.300. The van der Waals surface area contributed by atoms with E-state index in [1.165, 1.54) is 6.08 Å². The summed E-state index contributed by atoms with van der Waals surface area (Å²) in [5.41, 5.74) is -0.584. The molecule has 220 valence electrons. The van der Waals surface area contributed by atoms with Gasteiger partial charge in [-0.05, 0) is 85.2 Å². The molecule has 0 aromatic carbocycles. The summed E-state index contributed by atoms with van der Waals surface area (Å²) in [6.07, 6.45) is 3.48. The van der Waals surface area contributed by atoms with E-state index in [0.717, 1.165) is 6.42 Å². The number of hydrogen-bond acceptors (Lipinski definition) is 8. The molecule has 0 unspecified atom stereocenters. The van der Waals surface area contributed by atoms with Crippen LogP contribution in [0, 0.1) is 0 Å². The zero-order chi connectivity index (χ0) is 29.2. The maximum Gasteiger partial charge on any atom is 0.309 e. The van der Waals surface area contributed by atoms with Crippen molar-refractivity contribution in [2.75, 3.05) is 6.61 Å². The summed E-state index contributed by atoms with van der Waals surface area (Å²) >= 11 is 0. The van der Waals surface area contributed by atoms with Crippen molar-refractivity contribution in [2.45, 2.75) is 155 Å². The van der Waals surface area contributed by atoms with Crippen molar-refractivity contribution in [3.63, 3.8) is 0 Å². The van der Waals surface area contributed by atoms with Crippen LogP contribution in [0.1, 0.15) is 94.9 Å². The Kier molecular flexibility index (Phi) is 10.6. The Morgan fingerprint density at radius 3 is 2.05 bits per heavy atom. The molecule has 0 aromatic heterocycles. The predicted molar refractivity (Wildman–Crippen MR) is 149 cm³/mol. The highest BCUT2D eigenvalue weighted by Crippen LogP contribution is 2.37. The van der Waals surface area contributed by atoms with Crippen LogP contribution in [0.5, 0.6) is 0 Å². The van der Waals surface area contributed by atoms with Gasteiger partial charge in [-0.25, -0.2) is 0 Å². The summed E-state index contributed by atoms with van der Waals surface area (Å²) in [5.74, 6) is -2.08. The predicted octanol–water partition coefficient (Wildman–Crippen LogP) is 6.08. The molecule has 0 aliphatic carbocycles. The molecule has 2 fully saturated rings. The van der Waals surface area contributed by atoms with Crippen molar-refractivity contribution in [3.05, 3.63) is 12.2 Å². The minimum absolute atomic E-state index is 0.0415. The van der Waals surface area contributed by atoms with Gasteiger partial charge in [-0.2, -0.15) is 0 Å². The fourth-order valence-corrected chi connectivity index (χ4v) is 5.47. The lowest BCUT2D eigenvalue weighted by Gasteiger charge is -2.41. The van der Waals surface area contributed by atoms with Crippen molar-refractivity contribution in [2.24, 2.45) is 0 Å². The Morgan fingerprint density at radius 2 is 1.47 bits per heavy atom. The van der Waals surface area contributed by atoms with Gasteiger partial charge in [0.15, 0.2) is 25.7 Å². The maximum absolute atomic E-state index is 12.9. The molecule has 0 amide bonds. The van der Waals surface area contributed by atoms with Gasteiger partial charge in [0, 0.05) is 19.4 Å². The number of ether oxygens (including phenoxy) is 5. The van der Waals surface area contributed by atoms with Gasteiger partial charge in [-0.3, -0.25) is 9.59 Å². The smallest absolute Gasteiger partial charge is 0.309 e. The summed E-state index contributed by atoms with van der Waals surface area (Å²) in [5, 5.41) is 0.152. The molecule has 0 aromatic rings. The van der Waals surface area contributed by atoms with Crippen LogP contribution in [0.2, 0.25) is 18.1 Å². The third kappa shape index (κ3) is 10.8. The molecule has 0 bridgehead atoms. The molecule has 38 heavy (non-hydrogen) atoms. The Bertz CT molecular complexity index is 850. The van der Waals surface area contributed by atoms with E-state index in [0.29, 0.717) is 13.0 Å². The second kappa shape index (κ2) is 12.2. The normalized spacial score (nSPS) is 28.0. The highest BCUT2D eigenvalue weighted by Gasteiger charge is 2.42. The number of hydrogen-bond donors (Lipinski definition) is 0. The molecule has 2 saturated heterocycles. The standard InChI is InChI=1S/C29H52O8Si/c1-26(2,3)37-25(31)19-24-23(35-29(9,10)36-24)14-13-20(30)17-22-18-21(33-28(7,8)34-22)15-16-32-38(11,12)27(4,5)6/h13-14,21-24H,15-19H2,1-12H3/b14-13+/t21-,22+,23+,24+/m0/s1. The minimum atomic E-state index is -1.83. The van der Waals surface area contributed by atoms with E-state index in [-0.39, 0.29) is 41.8 Å². The number of rotatable bonds is 10. The summed E-state index contributed by atoms with van der Waals surface area (Å²) in [4.78, 5) is 25.3. The fraction of sp³-hybridized carbons (Fsp3) is 0.862. The summed E-state index contributed by atoms with van der Waals surface area (Å²) in [7, 11) is -1.83. The Hall–Kier alpha value is -1.10. The van der Waals surface area contributed by atoms with E-state index in [4.69, 9.17) is 28.1 Å².